The first-order valence-electron chi connectivity index (χ1n) is 29.6. The van der Waals surface area contributed by atoms with Gasteiger partial charge in [-0.15, -0.1) is 0 Å². The number of halogens is 4. The molecule has 2 aromatic carbocycles. The minimum atomic E-state index is -4.63. The number of alkyl halides is 3. The Morgan fingerprint density at radius 1 is 0.580 bits per heavy atom. The first-order valence-corrected chi connectivity index (χ1v) is 30.0. The van der Waals surface area contributed by atoms with Crippen molar-refractivity contribution in [1.29, 1.82) is 0 Å². The lowest BCUT2D eigenvalue weighted by atomic mass is 9.95. The fraction of sp³-hybridized carbons (Fsp3) is 0.629. The lowest BCUT2D eigenvalue weighted by Crippen LogP contribution is -2.63. The van der Waals surface area contributed by atoms with Gasteiger partial charge in [-0.1, -0.05) is 83.8 Å². The Labute approximate surface area is 521 Å². The predicted octanol–water partition coefficient (Wildman–Crippen LogP) is 4.15. The molecule has 88 heavy (non-hydrogen) atoms. The smallest absolute Gasteiger partial charge is 0.343 e. The van der Waals surface area contributed by atoms with Crippen LogP contribution in [-0.2, 0) is 71.8 Å². The van der Waals surface area contributed by atoms with Crippen molar-refractivity contribution in [3.05, 3.63) is 70.2 Å². The summed E-state index contributed by atoms with van der Waals surface area (Å²) in [5.74, 6) is -8.60. The molecule has 4 N–H and O–H groups in total. The zero-order valence-corrected chi connectivity index (χ0v) is 54.9. The Bertz CT molecular complexity index is 2800. The molecule has 2 aromatic rings. The number of benzene rings is 2. The number of carbonyl (C=O) groups excluding carboxylic acids is 11. The van der Waals surface area contributed by atoms with E-state index in [4.69, 9.17) is 11.6 Å². The van der Waals surface area contributed by atoms with Crippen LogP contribution < -0.4 is 21.3 Å². The van der Waals surface area contributed by atoms with E-state index in [0.717, 1.165) is 36.6 Å². The minimum absolute atomic E-state index is 0.0262. The molecule has 0 saturated carbocycles. The van der Waals surface area contributed by atoms with Crippen molar-refractivity contribution in [3.8, 4) is 0 Å². The molecule has 0 aliphatic carbocycles. The Morgan fingerprint density at radius 2 is 1.10 bits per heavy atom. The van der Waals surface area contributed by atoms with Crippen LogP contribution >= 0.6 is 11.6 Å². The largest absolute Gasteiger partial charge is 0.416 e. The number of nitrogens with one attached hydrogen (secondary N) is 4. The molecule has 1 fully saturated rings. The van der Waals surface area contributed by atoms with Crippen LogP contribution in [0.25, 0.3) is 0 Å². The molecule has 11 amide bonds. The third kappa shape index (κ3) is 21.2. The third-order valence-corrected chi connectivity index (χ3v) is 16.7. The van der Waals surface area contributed by atoms with Crippen molar-refractivity contribution < 1.29 is 65.9 Å². The highest BCUT2D eigenvalue weighted by atomic mass is 35.5. The number of likely N-dealkylation sites (N-methyl/N-ethyl adjacent to an activating group) is 7. The number of amides is 11. The van der Waals surface area contributed by atoms with Crippen LogP contribution in [0.3, 0.4) is 0 Å². The Kier molecular flexibility index (Phi) is 27.9. The summed E-state index contributed by atoms with van der Waals surface area (Å²) in [5.41, 5.74) is -1.67. The molecule has 3 rings (SSSR count). The maximum Gasteiger partial charge on any atom is 0.416 e. The minimum Gasteiger partial charge on any atom is -0.343 e. The Morgan fingerprint density at radius 3 is 1.64 bits per heavy atom. The fourth-order valence-corrected chi connectivity index (χ4v) is 9.80. The predicted molar refractivity (Wildman–Crippen MR) is 326 cm³/mol. The number of rotatable bonds is 11. The van der Waals surface area contributed by atoms with E-state index < -0.39 is 150 Å². The van der Waals surface area contributed by atoms with Crippen molar-refractivity contribution >= 4 is 76.6 Å². The van der Waals surface area contributed by atoms with Gasteiger partial charge in [0.1, 0.15) is 41.8 Å². The van der Waals surface area contributed by atoms with Crippen molar-refractivity contribution in [2.45, 2.75) is 168 Å². The Balaban J connectivity index is 2.19. The van der Waals surface area contributed by atoms with E-state index in [2.05, 4.69) is 21.3 Å². The summed E-state index contributed by atoms with van der Waals surface area (Å²) in [6.07, 6.45) is -4.66. The summed E-state index contributed by atoms with van der Waals surface area (Å²) in [6, 6.07) is 2.35. The van der Waals surface area contributed by atoms with Crippen LogP contribution in [0.5, 0.6) is 0 Å². The highest BCUT2D eigenvalue weighted by Gasteiger charge is 2.42. The van der Waals surface area contributed by atoms with Crippen LogP contribution in [-0.4, -0.2) is 216 Å². The van der Waals surface area contributed by atoms with E-state index in [1.54, 1.807) is 52.0 Å². The highest BCUT2D eigenvalue weighted by Crippen LogP contribution is 2.30. The summed E-state index contributed by atoms with van der Waals surface area (Å²) in [7, 11) is 9.56. The number of hydrogen-bond donors (Lipinski definition) is 4. The maximum absolute atomic E-state index is 14.7. The van der Waals surface area contributed by atoms with Gasteiger partial charge in [0.05, 0.1) is 25.2 Å². The van der Waals surface area contributed by atoms with Gasteiger partial charge in [0, 0.05) is 73.2 Å². The molecule has 1 heterocycles. The van der Waals surface area contributed by atoms with Gasteiger partial charge in [0.2, 0.25) is 65.0 Å². The zero-order chi connectivity index (χ0) is 67.0. The number of hydrogen-bond acceptors (Lipinski definition) is 11. The van der Waals surface area contributed by atoms with Crippen LogP contribution in [0.1, 0.15) is 118 Å². The molecular weight excluding hydrogens is 1170 g/mol. The lowest BCUT2D eigenvalue weighted by molar-refractivity contribution is -0.149. The van der Waals surface area contributed by atoms with E-state index in [1.807, 2.05) is 20.8 Å². The molecule has 1 saturated heterocycles. The van der Waals surface area contributed by atoms with Crippen LogP contribution in [0.4, 0.5) is 13.2 Å². The second-order valence-corrected chi connectivity index (χ2v) is 25.1. The van der Waals surface area contributed by atoms with Gasteiger partial charge < -0.3 is 55.6 Å². The van der Waals surface area contributed by atoms with E-state index in [1.165, 1.54) is 92.0 Å². The molecule has 8 atom stereocenters. The van der Waals surface area contributed by atoms with E-state index in [-0.39, 0.29) is 50.4 Å². The summed E-state index contributed by atoms with van der Waals surface area (Å²) >= 11 is 6.18. The van der Waals surface area contributed by atoms with Gasteiger partial charge in [0.15, 0.2) is 0 Å². The maximum atomic E-state index is 14.7. The molecular formula is C62H93ClF3N11O11. The second kappa shape index (κ2) is 32.8. The topological polar surface area (TPSA) is 259 Å². The highest BCUT2D eigenvalue weighted by molar-refractivity contribution is 6.30. The van der Waals surface area contributed by atoms with Gasteiger partial charge in [-0.2, -0.15) is 13.2 Å². The molecule has 1 aliphatic heterocycles. The first-order chi connectivity index (χ1) is 40.7. The van der Waals surface area contributed by atoms with Crippen LogP contribution in [0, 0.1) is 17.8 Å². The number of aryl methyl sites for hydroxylation is 1. The summed E-state index contributed by atoms with van der Waals surface area (Å²) < 4.78 is 40.6. The van der Waals surface area contributed by atoms with Crippen molar-refractivity contribution in [1.82, 2.24) is 55.6 Å². The van der Waals surface area contributed by atoms with Gasteiger partial charge in [-0.25, -0.2) is 0 Å². The number of nitrogens with zero attached hydrogens (tertiary/aromatic N) is 7. The molecule has 0 spiro atoms. The third-order valence-electron chi connectivity index (χ3n) is 16.4. The SMILES string of the molecule is CC[C@H](C)[C@@H]1NC(=O)[C@H](C)N(C)C(=O)C[C@@H](C)N(C)C(=O)[C@H](CC(C)C)NC(=O)C(C)(C)N(C)C(=O)[C@H](CC(C)C)NC(=O)[C@H](CCc2ccc(C(F)(F)F)cc2)NC(=O)CN(C)C(=O)[C@H](Cc2ccc(Cl)cc2)N(C)C(=O)CN(C)C(=O)CN(C)C1=O. The summed E-state index contributed by atoms with van der Waals surface area (Å²) in [6.45, 7) is 15.0. The molecule has 0 radical (unpaired) electrons. The molecule has 1 aliphatic rings. The van der Waals surface area contributed by atoms with Crippen molar-refractivity contribution in [2.75, 3.05) is 69.0 Å². The summed E-state index contributed by atoms with van der Waals surface area (Å²) in [4.78, 5) is 165. The van der Waals surface area contributed by atoms with Gasteiger partial charge in [0.25, 0.3) is 0 Å². The quantitative estimate of drug-likeness (QED) is 0.249. The molecule has 0 bridgehead atoms. The molecule has 490 valence electrons. The van der Waals surface area contributed by atoms with Crippen molar-refractivity contribution in [3.63, 3.8) is 0 Å². The molecule has 22 nitrogen and oxygen atoms in total. The fourth-order valence-electron chi connectivity index (χ4n) is 9.68. The number of carbonyl (C=O) groups is 11. The van der Waals surface area contributed by atoms with E-state index in [9.17, 15) is 65.9 Å². The van der Waals surface area contributed by atoms with Crippen molar-refractivity contribution in [2.24, 2.45) is 17.8 Å². The van der Waals surface area contributed by atoms with Gasteiger partial charge in [-0.3, -0.25) is 52.7 Å². The standard InChI is InChI=1S/C62H93ClF3N11O11/c1-18-38(6)53-59(87)73(13)34-51(80)71(11)35-52(81)76(16)48(32-42-21-26-44(63)27-22-42)58(86)72(12)33-49(78)67-45(28-23-41-19-24-43(25-20-41)62(64,65)66)55(83)68-47(30-37(4)5)57(85)77(17)61(9,10)60(88)69-46(29-36(2)3)56(84)74(14)39(7)31-50(79)75(15)40(8)54(82)70-53/h19-22,24-27,36-40,45-48,53H,18,23,28-35H2,1-17H3,(H,67,78)(H,68,83)(H,69,88)(H,70,82)/t38-,39+,40-,45-,46-,47-,48-,53-/m0/s1. The molecule has 0 aromatic heterocycles. The second-order valence-electron chi connectivity index (χ2n) is 24.7. The average Bonchev–Trinajstić information content (AvgIpc) is 2.99. The average molecular weight is 1260 g/mol. The summed E-state index contributed by atoms with van der Waals surface area (Å²) in [5, 5.41) is 11.4. The Hall–Kier alpha value is -7.31. The zero-order valence-electron chi connectivity index (χ0n) is 54.1. The van der Waals surface area contributed by atoms with Crippen LogP contribution in [0.15, 0.2) is 48.5 Å². The van der Waals surface area contributed by atoms with Gasteiger partial charge in [-0.05, 0) is 107 Å². The molecule has 0 unspecified atom stereocenters. The van der Waals surface area contributed by atoms with E-state index >= 15 is 0 Å². The normalized spacial score (nSPS) is 24.0. The lowest BCUT2D eigenvalue weighted by Gasteiger charge is -2.39. The van der Waals surface area contributed by atoms with Crippen LogP contribution in [0.2, 0.25) is 5.02 Å². The van der Waals surface area contributed by atoms with E-state index in [0.29, 0.717) is 22.6 Å². The van der Waals surface area contributed by atoms with Gasteiger partial charge >= 0.3 is 6.18 Å². The molecule has 26 heteroatoms. The monoisotopic (exact) mass is 1260 g/mol. The first kappa shape index (κ1) is 74.9.